The normalized spacial score (nSPS) is 14.2. The van der Waals surface area contributed by atoms with E-state index in [1.54, 1.807) is 12.1 Å². The van der Waals surface area contributed by atoms with E-state index in [9.17, 15) is 8.78 Å². The molecule has 0 radical (unpaired) electrons. The minimum atomic E-state index is -2.82. The summed E-state index contributed by atoms with van der Waals surface area (Å²) >= 11 is 0. The molecule has 1 aromatic heterocycles. The van der Waals surface area contributed by atoms with Gasteiger partial charge in [0.2, 0.25) is 0 Å². The SMILES string of the molecule is FC(F)Oc1ccccc1CN1CCc2nc(-c3ccccc3)ncc2C1. The van der Waals surface area contributed by atoms with E-state index in [-0.39, 0.29) is 5.75 Å². The summed E-state index contributed by atoms with van der Waals surface area (Å²) in [6.07, 6.45) is 2.67. The van der Waals surface area contributed by atoms with Crippen LogP contribution in [0.2, 0.25) is 0 Å². The van der Waals surface area contributed by atoms with E-state index in [0.717, 1.165) is 41.2 Å². The van der Waals surface area contributed by atoms with E-state index in [1.807, 2.05) is 48.7 Å². The minimum Gasteiger partial charge on any atom is -0.434 e. The lowest BCUT2D eigenvalue weighted by Gasteiger charge is -2.28. The van der Waals surface area contributed by atoms with Crippen LogP contribution in [0.1, 0.15) is 16.8 Å². The summed E-state index contributed by atoms with van der Waals surface area (Å²) < 4.78 is 29.8. The molecule has 0 aliphatic carbocycles. The van der Waals surface area contributed by atoms with E-state index in [1.165, 1.54) is 0 Å². The fraction of sp³-hybridized carbons (Fsp3) is 0.238. The molecule has 3 aromatic rings. The molecule has 0 amide bonds. The molecule has 0 unspecified atom stereocenters. The highest BCUT2D eigenvalue weighted by atomic mass is 19.3. The van der Waals surface area contributed by atoms with Crippen LogP contribution in [0.3, 0.4) is 0 Å². The first-order chi connectivity index (χ1) is 13.2. The van der Waals surface area contributed by atoms with Crippen molar-refractivity contribution in [3.8, 4) is 17.1 Å². The Morgan fingerprint density at radius 3 is 2.63 bits per heavy atom. The first-order valence-electron chi connectivity index (χ1n) is 8.84. The molecule has 0 fully saturated rings. The predicted octanol–water partition coefficient (Wildman–Crippen LogP) is 4.30. The maximum Gasteiger partial charge on any atom is 0.387 e. The smallest absolute Gasteiger partial charge is 0.387 e. The van der Waals surface area contributed by atoms with Gasteiger partial charge in [0.15, 0.2) is 5.82 Å². The van der Waals surface area contributed by atoms with Crippen LogP contribution < -0.4 is 4.74 Å². The van der Waals surface area contributed by atoms with Gasteiger partial charge in [-0.2, -0.15) is 8.78 Å². The fourth-order valence-electron chi connectivity index (χ4n) is 3.32. The number of rotatable bonds is 5. The lowest BCUT2D eigenvalue weighted by molar-refractivity contribution is -0.0508. The zero-order valence-corrected chi connectivity index (χ0v) is 14.7. The van der Waals surface area contributed by atoms with Crippen molar-refractivity contribution in [3.05, 3.63) is 77.6 Å². The maximum absolute atomic E-state index is 12.6. The van der Waals surface area contributed by atoms with Crippen molar-refractivity contribution in [2.24, 2.45) is 0 Å². The fourth-order valence-corrected chi connectivity index (χ4v) is 3.32. The van der Waals surface area contributed by atoms with Crippen LogP contribution in [0.15, 0.2) is 60.8 Å². The molecule has 27 heavy (non-hydrogen) atoms. The predicted molar refractivity (Wildman–Crippen MR) is 98.4 cm³/mol. The zero-order valence-electron chi connectivity index (χ0n) is 14.7. The van der Waals surface area contributed by atoms with Crippen molar-refractivity contribution < 1.29 is 13.5 Å². The van der Waals surface area contributed by atoms with Gasteiger partial charge in [-0.3, -0.25) is 4.90 Å². The van der Waals surface area contributed by atoms with Gasteiger partial charge in [-0.25, -0.2) is 9.97 Å². The van der Waals surface area contributed by atoms with Crippen LogP contribution in [0, 0.1) is 0 Å². The topological polar surface area (TPSA) is 38.2 Å². The molecule has 1 aliphatic rings. The van der Waals surface area contributed by atoms with E-state index in [4.69, 9.17) is 4.98 Å². The number of hydrogen-bond donors (Lipinski definition) is 0. The van der Waals surface area contributed by atoms with Gasteiger partial charge >= 0.3 is 6.61 Å². The Kier molecular flexibility index (Phi) is 5.07. The second kappa shape index (κ2) is 7.80. The highest BCUT2D eigenvalue weighted by Gasteiger charge is 2.20. The Morgan fingerprint density at radius 1 is 1.04 bits per heavy atom. The Morgan fingerprint density at radius 2 is 1.81 bits per heavy atom. The third kappa shape index (κ3) is 4.11. The van der Waals surface area contributed by atoms with Gasteiger partial charge in [0, 0.05) is 48.9 Å². The van der Waals surface area contributed by atoms with Crippen LogP contribution in [0.5, 0.6) is 5.75 Å². The molecular weight excluding hydrogens is 348 g/mol. The molecule has 0 spiro atoms. The van der Waals surface area contributed by atoms with Crippen molar-refractivity contribution >= 4 is 0 Å². The number of benzene rings is 2. The molecule has 1 aliphatic heterocycles. The lowest BCUT2D eigenvalue weighted by Crippen LogP contribution is -2.31. The van der Waals surface area contributed by atoms with Gasteiger partial charge in [0.25, 0.3) is 0 Å². The largest absolute Gasteiger partial charge is 0.434 e. The van der Waals surface area contributed by atoms with Crippen LogP contribution in [-0.4, -0.2) is 28.0 Å². The number of fused-ring (bicyclic) bond motifs is 1. The second-order valence-electron chi connectivity index (χ2n) is 6.48. The number of alkyl halides is 2. The molecule has 0 atom stereocenters. The molecule has 0 saturated heterocycles. The quantitative estimate of drug-likeness (QED) is 0.674. The molecule has 0 saturated carbocycles. The van der Waals surface area contributed by atoms with Crippen molar-refractivity contribution in [1.29, 1.82) is 0 Å². The minimum absolute atomic E-state index is 0.231. The first-order valence-corrected chi connectivity index (χ1v) is 8.84. The average molecular weight is 367 g/mol. The molecular formula is C21H19F2N3O. The summed E-state index contributed by atoms with van der Waals surface area (Å²) in [6.45, 7) is -0.782. The molecule has 2 heterocycles. The number of hydrogen-bond acceptors (Lipinski definition) is 4. The summed E-state index contributed by atoms with van der Waals surface area (Å²) in [4.78, 5) is 11.4. The lowest BCUT2D eigenvalue weighted by atomic mass is 10.1. The third-order valence-corrected chi connectivity index (χ3v) is 4.63. The summed E-state index contributed by atoms with van der Waals surface area (Å²) in [6, 6.07) is 16.8. The molecule has 4 rings (SSSR count). The molecule has 0 bridgehead atoms. The van der Waals surface area contributed by atoms with Crippen LogP contribution in [0.25, 0.3) is 11.4 Å². The van der Waals surface area contributed by atoms with E-state index < -0.39 is 6.61 Å². The number of halogens is 2. The van der Waals surface area contributed by atoms with Crippen LogP contribution >= 0.6 is 0 Å². The standard InChI is InChI=1S/C21H19F2N3O/c22-21(23)27-19-9-5-4-8-16(19)13-26-11-10-18-17(14-26)12-24-20(25-18)15-6-2-1-3-7-15/h1-9,12,21H,10-11,13-14H2. The Balaban J connectivity index is 1.50. The van der Waals surface area contributed by atoms with Gasteiger partial charge in [0.05, 0.1) is 5.69 Å². The van der Waals surface area contributed by atoms with Crippen molar-refractivity contribution in [2.75, 3.05) is 6.54 Å². The average Bonchev–Trinajstić information content (AvgIpc) is 2.69. The number of aromatic nitrogens is 2. The molecule has 4 nitrogen and oxygen atoms in total. The Hall–Kier alpha value is -2.86. The summed E-state index contributed by atoms with van der Waals surface area (Å²) in [5, 5.41) is 0. The monoisotopic (exact) mass is 367 g/mol. The Labute approximate surface area is 156 Å². The van der Waals surface area contributed by atoms with Gasteiger partial charge < -0.3 is 4.74 Å². The van der Waals surface area contributed by atoms with Gasteiger partial charge in [-0.1, -0.05) is 48.5 Å². The molecule has 2 aromatic carbocycles. The molecule has 6 heteroatoms. The first kappa shape index (κ1) is 17.5. The van der Waals surface area contributed by atoms with Gasteiger partial charge in [-0.05, 0) is 6.07 Å². The summed E-state index contributed by atoms with van der Waals surface area (Å²) in [5.74, 6) is 0.965. The zero-order chi connectivity index (χ0) is 18.6. The van der Waals surface area contributed by atoms with E-state index in [0.29, 0.717) is 13.1 Å². The molecule has 138 valence electrons. The van der Waals surface area contributed by atoms with Gasteiger partial charge in [-0.15, -0.1) is 0 Å². The Bertz CT molecular complexity index is 918. The van der Waals surface area contributed by atoms with Crippen molar-refractivity contribution in [2.45, 2.75) is 26.1 Å². The highest BCUT2D eigenvalue weighted by molar-refractivity contribution is 5.54. The van der Waals surface area contributed by atoms with E-state index >= 15 is 0 Å². The van der Waals surface area contributed by atoms with Crippen molar-refractivity contribution in [1.82, 2.24) is 14.9 Å². The maximum atomic E-state index is 12.6. The molecule has 0 N–H and O–H groups in total. The third-order valence-electron chi connectivity index (χ3n) is 4.63. The van der Waals surface area contributed by atoms with Gasteiger partial charge in [0.1, 0.15) is 5.75 Å². The van der Waals surface area contributed by atoms with Crippen molar-refractivity contribution in [3.63, 3.8) is 0 Å². The number of para-hydroxylation sites is 1. The number of ether oxygens (including phenoxy) is 1. The summed E-state index contributed by atoms with van der Waals surface area (Å²) in [7, 11) is 0. The summed E-state index contributed by atoms with van der Waals surface area (Å²) in [5.41, 5.74) is 3.88. The highest BCUT2D eigenvalue weighted by Crippen LogP contribution is 2.26. The van der Waals surface area contributed by atoms with E-state index in [2.05, 4.69) is 14.6 Å². The number of nitrogens with zero attached hydrogens (tertiary/aromatic N) is 3. The second-order valence-corrected chi connectivity index (χ2v) is 6.48. The van der Waals surface area contributed by atoms with Crippen LogP contribution in [-0.2, 0) is 19.5 Å². The van der Waals surface area contributed by atoms with Crippen LogP contribution in [0.4, 0.5) is 8.78 Å².